The van der Waals surface area contributed by atoms with Crippen LogP contribution < -0.4 is 11.5 Å². The van der Waals surface area contributed by atoms with Crippen LogP contribution in [0.5, 0.6) is 0 Å². The van der Waals surface area contributed by atoms with E-state index in [2.05, 4.69) is 29.3 Å². The molecule has 0 saturated carbocycles. The molecule has 0 radical (unpaired) electrons. The Kier molecular flexibility index (Phi) is 4.96. The van der Waals surface area contributed by atoms with Crippen LogP contribution in [0.25, 0.3) is 0 Å². The number of nitrogens with zero attached hydrogens (tertiary/aromatic N) is 1. The Balaban J connectivity index is 2.16. The highest BCUT2D eigenvalue weighted by Crippen LogP contribution is 2.32. The van der Waals surface area contributed by atoms with Gasteiger partial charge in [0.05, 0.1) is 12.0 Å². The average molecular weight is 281 g/mol. The van der Waals surface area contributed by atoms with Gasteiger partial charge < -0.3 is 11.5 Å². The summed E-state index contributed by atoms with van der Waals surface area (Å²) >= 11 is 1.74. The van der Waals surface area contributed by atoms with E-state index in [9.17, 15) is 4.79 Å². The highest BCUT2D eigenvalue weighted by Gasteiger charge is 2.32. The monoisotopic (exact) mass is 281 g/mol. The lowest BCUT2D eigenvalue weighted by molar-refractivity contribution is -0.123. The summed E-state index contributed by atoms with van der Waals surface area (Å²) in [5.74, 6) is -0.208. The van der Waals surface area contributed by atoms with Gasteiger partial charge >= 0.3 is 0 Å². The van der Waals surface area contributed by atoms with Gasteiger partial charge in [0.15, 0.2) is 0 Å². The van der Waals surface area contributed by atoms with E-state index in [4.69, 9.17) is 11.5 Å². The third kappa shape index (κ3) is 3.35. The third-order valence-electron chi connectivity index (χ3n) is 3.96. The van der Waals surface area contributed by atoms with Crippen molar-refractivity contribution in [2.45, 2.75) is 38.3 Å². The second-order valence-corrected chi connectivity index (χ2v) is 6.25. The molecule has 1 fully saturated rings. The van der Waals surface area contributed by atoms with Crippen molar-refractivity contribution in [3.05, 3.63) is 22.4 Å². The Morgan fingerprint density at radius 3 is 3.00 bits per heavy atom. The number of carbonyl (C=O) groups is 1. The maximum Gasteiger partial charge on any atom is 0.221 e. The molecule has 1 aromatic rings. The Morgan fingerprint density at radius 1 is 1.63 bits per heavy atom. The SMILES string of the molecule is CCC(N)C(c1cccs1)N1CCCC(C(N)=O)C1. The Morgan fingerprint density at radius 2 is 2.42 bits per heavy atom. The lowest BCUT2D eigenvalue weighted by atomic mass is 9.93. The zero-order valence-corrected chi connectivity index (χ0v) is 12.2. The van der Waals surface area contributed by atoms with Gasteiger partial charge in [0.25, 0.3) is 0 Å². The third-order valence-corrected chi connectivity index (χ3v) is 4.90. The zero-order valence-electron chi connectivity index (χ0n) is 11.4. The van der Waals surface area contributed by atoms with E-state index in [1.807, 2.05) is 0 Å². The molecule has 1 saturated heterocycles. The van der Waals surface area contributed by atoms with Crippen molar-refractivity contribution in [1.82, 2.24) is 4.90 Å². The summed E-state index contributed by atoms with van der Waals surface area (Å²) in [4.78, 5) is 15.1. The molecular formula is C14H23N3OS. The van der Waals surface area contributed by atoms with Gasteiger partial charge in [-0.1, -0.05) is 13.0 Å². The normalized spacial score (nSPS) is 24.0. The van der Waals surface area contributed by atoms with Crippen LogP contribution in [0.4, 0.5) is 0 Å². The first kappa shape index (κ1) is 14.5. The molecule has 2 rings (SSSR count). The van der Waals surface area contributed by atoms with Crippen LogP contribution >= 0.6 is 11.3 Å². The molecule has 4 nitrogen and oxygen atoms in total. The molecule has 106 valence electrons. The molecule has 1 aliphatic heterocycles. The number of hydrogen-bond donors (Lipinski definition) is 2. The number of likely N-dealkylation sites (tertiary alicyclic amines) is 1. The Labute approximate surface area is 118 Å². The fraction of sp³-hybridized carbons (Fsp3) is 0.643. The standard InChI is InChI=1S/C14H23N3OS/c1-2-11(15)13(12-6-4-8-19-12)17-7-3-5-10(9-17)14(16)18/h4,6,8,10-11,13H,2-3,5,7,9,15H2,1H3,(H2,16,18). The summed E-state index contributed by atoms with van der Waals surface area (Å²) in [5.41, 5.74) is 11.8. The van der Waals surface area contributed by atoms with Crippen molar-refractivity contribution in [2.75, 3.05) is 13.1 Å². The zero-order chi connectivity index (χ0) is 13.8. The van der Waals surface area contributed by atoms with Crippen LogP contribution in [0.1, 0.15) is 37.1 Å². The summed E-state index contributed by atoms with van der Waals surface area (Å²) in [5, 5.41) is 2.08. The number of nitrogens with two attached hydrogens (primary N) is 2. The first-order valence-electron chi connectivity index (χ1n) is 6.95. The van der Waals surface area contributed by atoms with Gasteiger partial charge in [-0.3, -0.25) is 9.69 Å². The second-order valence-electron chi connectivity index (χ2n) is 5.27. The molecule has 3 unspecified atom stereocenters. The van der Waals surface area contributed by atoms with Crippen molar-refractivity contribution < 1.29 is 4.79 Å². The molecule has 4 N–H and O–H groups in total. The highest BCUT2D eigenvalue weighted by atomic mass is 32.1. The first-order valence-corrected chi connectivity index (χ1v) is 7.83. The van der Waals surface area contributed by atoms with E-state index in [-0.39, 0.29) is 23.9 Å². The van der Waals surface area contributed by atoms with Gasteiger partial charge in [0.1, 0.15) is 0 Å². The van der Waals surface area contributed by atoms with Crippen LogP contribution in [0.2, 0.25) is 0 Å². The van der Waals surface area contributed by atoms with Gasteiger partial charge in [0.2, 0.25) is 5.91 Å². The van der Waals surface area contributed by atoms with E-state index in [0.717, 1.165) is 32.4 Å². The molecule has 5 heteroatoms. The number of rotatable bonds is 5. The van der Waals surface area contributed by atoms with Crippen molar-refractivity contribution in [3.8, 4) is 0 Å². The molecular weight excluding hydrogens is 258 g/mol. The first-order chi connectivity index (χ1) is 9.13. The van der Waals surface area contributed by atoms with Crippen molar-refractivity contribution in [3.63, 3.8) is 0 Å². The number of carbonyl (C=O) groups excluding carboxylic acids is 1. The van der Waals surface area contributed by atoms with Crippen LogP contribution in [0, 0.1) is 5.92 Å². The summed E-state index contributed by atoms with van der Waals surface area (Å²) < 4.78 is 0. The summed E-state index contributed by atoms with van der Waals surface area (Å²) in [6.07, 6.45) is 2.86. The van der Waals surface area contributed by atoms with E-state index >= 15 is 0 Å². The minimum atomic E-state index is -0.181. The molecule has 19 heavy (non-hydrogen) atoms. The van der Waals surface area contributed by atoms with Gasteiger partial charge in [-0.2, -0.15) is 0 Å². The minimum absolute atomic E-state index is 0.0275. The van der Waals surface area contributed by atoms with Crippen LogP contribution in [-0.4, -0.2) is 29.9 Å². The topological polar surface area (TPSA) is 72.3 Å². The lowest BCUT2D eigenvalue weighted by Crippen LogP contribution is -2.47. The van der Waals surface area contributed by atoms with Crippen molar-refractivity contribution in [1.29, 1.82) is 0 Å². The molecule has 1 aromatic heterocycles. The lowest BCUT2D eigenvalue weighted by Gasteiger charge is -2.39. The Bertz CT molecular complexity index is 407. The molecule has 0 aromatic carbocycles. The van der Waals surface area contributed by atoms with Gasteiger partial charge in [-0.25, -0.2) is 0 Å². The van der Waals surface area contributed by atoms with Gasteiger partial charge in [-0.05, 0) is 37.3 Å². The molecule has 1 amide bonds. The summed E-state index contributed by atoms with van der Waals surface area (Å²) in [6, 6.07) is 4.52. The maximum atomic E-state index is 11.4. The molecule has 3 atom stereocenters. The number of piperidine rings is 1. The largest absolute Gasteiger partial charge is 0.369 e. The van der Waals surface area contributed by atoms with Crippen molar-refractivity contribution in [2.24, 2.45) is 17.4 Å². The fourth-order valence-corrected chi connectivity index (χ4v) is 3.77. The van der Waals surface area contributed by atoms with Crippen molar-refractivity contribution >= 4 is 17.2 Å². The van der Waals surface area contributed by atoms with Gasteiger partial charge in [-0.15, -0.1) is 11.3 Å². The smallest absolute Gasteiger partial charge is 0.221 e. The number of thiophene rings is 1. The van der Waals surface area contributed by atoms with Crippen LogP contribution in [-0.2, 0) is 4.79 Å². The predicted octanol–water partition coefficient (Wildman–Crippen LogP) is 1.72. The predicted molar refractivity (Wildman–Crippen MR) is 78.8 cm³/mol. The van der Waals surface area contributed by atoms with E-state index in [1.165, 1.54) is 4.88 Å². The minimum Gasteiger partial charge on any atom is -0.369 e. The van der Waals surface area contributed by atoms with E-state index in [0.29, 0.717) is 0 Å². The second kappa shape index (κ2) is 6.50. The molecule has 2 heterocycles. The maximum absolute atomic E-state index is 11.4. The van der Waals surface area contributed by atoms with E-state index in [1.54, 1.807) is 11.3 Å². The molecule has 1 aliphatic rings. The summed E-state index contributed by atoms with van der Waals surface area (Å²) in [6.45, 7) is 3.85. The molecule has 0 aliphatic carbocycles. The number of hydrogen-bond acceptors (Lipinski definition) is 4. The molecule has 0 bridgehead atoms. The highest BCUT2D eigenvalue weighted by molar-refractivity contribution is 7.10. The quantitative estimate of drug-likeness (QED) is 0.863. The molecule has 0 spiro atoms. The summed E-state index contributed by atoms with van der Waals surface area (Å²) in [7, 11) is 0. The van der Waals surface area contributed by atoms with Crippen LogP contribution in [0.3, 0.4) is 0 Å². The van der Waals surface area contributed by atoms with Crippen LogP contribution in [0.15, 0.2) is 17.5 Å². The fourth-order valence-electron chi connectivity index (χ4n) is 2.84. The van der Waals surface area contributed by atoms with Gasteiger partial charge in [0, 0.05) is 17.5 Å². The number of amides is 1. The Hall–Kier alpha value is -0.910. The average Bonchev–Trinajstić information content (AvgIpc) is 2.93. The number of primary amides is 1. The van der Waals surface area contributed by atoms with E-state index < -0.39 is 0 Å².